The van der Waals surface area contributed by atoms with Gasteiger partial charge in [-0.15, -0.1) is 0 Å². The molecule has 0 unspecified atom stereocenters. The van der Waals surface area contributed by atoms with Gasteiger partial charge in [0.2, 0.25) is 0 Å². The first kappa shape index (κ1) is 11.1. The Kier molecular flexibility index (Phi) is 3.56. The lowest BCUT2D eigenvalue weighted by Crippen LogP contribution is -2.13. The fourth-order valence-corrected chi connectivity index (χ4v) is 1.95. The molecule has 0 bridgehead atoms. The standard InChI is InChI=1S/C13H9INO/c14-12-9-5-4-8-11(12)13(16)15-10-6-2-1-3-7-10/h2-9H,(H,15,16). The monoisotopic (exact) mass is 322 g/mol. The van der Waals surface area contributed by atoms with Crippen molar-refractivity contribution < 1.29 is 4.79 Å². The summed E-state index contributed by atoms with van der Waals surface area (Å²) < 4.78 is 0.945. The lowest BCUT2D eigenvalue weighted by atomic mass is 10.2. The van der Waals surface area contributed by atoms with Crippen LogP contribution in [0.1, 0.15) is 10.4 Å². The van der Waals surface area contributed by atoms with Crippen LogP contribution in [0.2, 0.25) is 0 Å². The van der Waals surface area contributed by atoms with Gasteiger partial charge in [-0.1, -0.05) is 24.3 Å². The van der Waals surface area contributed by atoms with E-state index in [2.05, 4.69) is 34.0 Å². The van der Waals surface area contributed by atoms with Gasteiger partial charge in [0.05, 0.1) is 5.56 Å². The van der Waals surface area contributed by atoms with Crippen molar-refractivity contribution in [3.05, 3.63) is 63.7 Å². The zero-order chi connectivity index (χ0) is 11.4. The fraction of sp³-hybridized carbons (Fsp3) is 0. The first-order valence-electron chi connectivity index (χ1n) is 4.79. The van der Waals surface area contributed by atoms with E-state index < -0.39 is 0 Å². The number of hydrogen-bond donors (Lipinski definition) is 1. The number of halogens is 1. The highest BCUT2D eigenvalue weighted by molar-refractivity contribution is 14.1. The van der Waals surface area contributed by atoms with Gasteiger partial charge >= 0.3 is 0 Å². The van der Waals surface area contributed by atoms with Crippen LogP contribution in [0.4, 0.5) is 5.69 Å². The normalized spacial score (nSPS) is 9.81. The predicted octanol–water partition coefficient (Wildman–Crippen LogP) is 3.34. The molecule has 0 atom stereocenters. The summed E-state index contributed by atoms with van der Waals surface area (Å²) in [5.41, 5.74) is 1.47. The third-order valence-corrected chi connectivity index (χ3v) is 3.04. The molecule has 3 heteroatoms. The maximum absolute atomic E-state index is 11.9. The van der Waals surface area contributed by atoms with Crippen LogP contribution in [0.3, 0.4) is 0 Å². The van der Waals surface area contributed by atoms with E-state index in [1.54, 1.807) is 12.1 Å². The van der Waals surface area contributed by atoms with Gasteiger partial charge in [0.15, 0.2) is 0 Å². The molecule has 0 aliphatic heterocycles. The van der Waals surface area contributed by atoms with Crippen molar-refractivity contribution in [3.8, 4) is 0 Å². The largest absolute Gasteiger partial charge is 0.322 e. The summed E-state index contributed by atoms with van der Waals surface area (Å²) >= 11 is 2.15. The molecule has 2 aromatic carbocycles. The van der Waals surface area contributed by atoms with E-state index in [1.807, 2.05) is 36.4 Å². The molecule has 0 fully saturated rings. The lowest BCUT2D eigenvalue weighted by Gasteiger charge is -2.06. The van der Waals surface area contributed by atoms with E-state index in [9.17, 15) is 4.79 Å². The van der Waals surface area contributed by atoms with Gasteiger partial charge in [-0.05, 0) is 52.9 Å². The summed E-state index contributed by atoms with van der Waals surface area (Å²) in [5, 5.41) is 2.84. The van der Waals surface area contributed by atoms with Crippen molar-refractivity contribution in [1.29, 1.82) is 0 Å². The molecule has 0 aliphatic rings. The predicted molar refractivity (Wildman–Crippen MR) is 72.4 cm³/mol. The van der Waals surface area contributed by atoms with E-state index in [1.165, 1.54) is 0 Å². The molecule has 2 rings (SSSR count). The molecule has 0 aliphatic carbocycles. The molecule has 0 spiro atoms. The highest BCUT2D eigenvalue weighted by atomic mass is 127. The second-order valence-corrected chi connectivity index (χ2v) is 4.38. The summed E-state index contributed by atoms with van der Waals surface area (Å²) in [6.45, 7) is 0. The first-order chi connectivity index (χ1) is 7.77. The number of anilines is 1. The van der Waals surface area contributed by atoms with Crippen molar-refractivity contribution in [2.24, 2.45) is 0 Å². The zero-order valence-corrected chi connectivity index (χ0v) is 10.6. The van der Waals surface area contributed by atoms with Crippen LogP contribution >= 0.6 is 22.6 Å². The topological polar surface area (TPSA) is 29.1 Å². The van der Waals surface area contributed by atoms with Crippen LogP contribution in [0, 0.1) is 9.64 Å². The maximum Gasteiger partial charge on any atom is 0.256 e. The van der Waals surface area contributed by atoms with Gasteiger partial charge in [0.1, 0.15) is 0 Å². The van der Waals surface area contributed by atoms with Gasteiger partial charge < -0.3 is 5.32 Å². The summed E-state index contributed by atoms with van der Waals surface area (Å²) in [5.74, 6) is -0.0869. The Morgan fingerprint density at radius 3 is 2.50 bits per heavy atom. The molecule has 2 nitrogen and oxygen atoms in total. The lowest BCUT2D eigenvalue weighted by molar-refractivity contribution is 0.102. The average Bonchev–Trinajstić information content (AvgIpc) is 2.31. The molecule has 0 aromatic heterocycles. The molecule has 79 valence electrons. The van der Waals surface area contributed by atoms with Crippen LogP contribution < -0.4 is 5.32 Å². The van der Waals surface area contributed by atoms with E-state index in [0.29, 0.717) is 5.56 Å². The second kappa shape index (κ2) is 5.12. The van der Waals surface area contributed by atoms with Gasteiger partial charge in [-0.3, -0.25) is 4.79 Å². The van der Waals surface area contributed by atoms with Gasteiger partial charge in [-0.2, -0.15) is 0 Å². The van der Waals surface area contributed by atoms with Crippen molar-refractivity contribution in [2.75, 3.05) is 5.32 Å². The molecular weight excluding hydrogens is 313 g/mol. The fourth-order valence-electron chi connectivity index (χ4n) is 1.31. The molecular formula is C13H9INO. The van der Waals surface area contributed by atoms with Crippen LogP contribution in [0.15, 0.2) is 48.5 Å². The van der Waals surface area contributed by atoms with Crippen molar-refractivity contribution >= 4 is 34.2 Å². The number of carbonyl (C=O) groups is 1. The Labute approximate surface area is 108 Å². The Bertz CT molecular complexity index is 496. The van der Waals surface area contributed by atoms with Crippen LogP contribution in [-0.2, 0) is 0 Å². The van der Waals surface area contributed by atoms with E-state index >= 15 is 0 Å². The molecule has 1 amide bonds. The molecule has 0 heterocycles. The number of amides is 1. The van der Waals surface area contributed by atoms with Crippen molar-refractivity contribution in [1.82, 2.24) is 0 Å². The third kappa shape index (κ3) is 2.61. The van der Waals surface area contributed by atoms with Crippen LogP contribution in [0.25, 0.3) is 0 Å². The van der Waals surface area contributed by atoms with Gasteiger partial charge in [-0.25, -0.2) is 0 Å². The molecule has 2 aromatic rings. The summed E-state index contributed by atoms with van der Waals surface area (Å²) in [6, 6.07) is 17.6. The second-order valence-electron chi connectivity index (χ2n) is 3.22. The molecule has 0 saturated heterocycles. The minimum atomic E-state index is -0.0869. The Hall–Kier alpha value is -1.36. The number of carbonyl (C=O) groups excluding carboxylic acids is 1. The Morgan fingerprint density at radius 2 is 1.81 bits per heavy atom. The first-order valence-corrected chi connectivity index (χ1v) is 5.87. The molecule has 1 N–H and O–H groups in total. The van der Waals surface area contributed by atoms with Gasteiger partial charge in [0, 0.05) is 9.26 Å². The minimum absolute atomic E-state index is 0.0869. The van der Waals surface area contributed by atoms with Crippen molar-refractivity contribution in [3.63, 3.8) is 0 Å². The number of hydrogen-bond acceptors (Lipinski definition) is 1. The highest BCUT2D eigenvalue weighted by Gasteiger charge is 2.08. The number of rotatable bonds is 2. The summed E-state index contributed by atoms with van der Waals surface area (Å²) in [4.78, 5) is 11.9. The van der Waals surface area contributed by atoms with Crippen LogP contribution in [-0.4, -0.2) is 5.91 Å². The minimum Gasteiger partial charge on any atom is -0.322 e. The van der Waals surface area contributed by atoms with Crippen LogP contribution in [0.5, 0.6) is 0 Å². The average molecular weight is 322 g/mol. The Balaban J connectivity index is 2.19. The van der Waals surface area contributed by atoms with Crippen molar-refractivity contribution in [2.45, 2.75) is 0 Å². The van der Waals surface area contributed by atoms with Gasteiger partial charge in [0.25, 0.3) is 5.91 Å². The SMILES string of the molecule is O=C(Nc1cc[c]cc1)c1ccccc1I. The summed E-state index contributed by atoms with van der Waals surface area (Å²) in [6.07, 6.45) is 0. The third-order valence-electron chi connectivity index (χ3n) is 2.09. The zero-order valence-electron chi connectivity index (χ0n) is 8.41. The van der Waals surface area contributed by atoms with E-state index in [4.69, 9.17) is 0 Å². The maximum atomic E-state index is 11.9. The Morgan fingerprint density at radius 1 is 1.12 bits per heavy atom. The van der Waals surface area contributed by atoms with E-state index in [-0.39, 0.29) is 5.91 Å². The molecule has 0 saturated carbocycles. The molecule has 1 radical (unpaired) electrons. The van der Waals surface area contributed by atoms with E-state index in [0.717, 1.165) is 9.26 Å². The summed E-state index contributed by atoms with van der Waals surface area (Å²) in [7, 11) is 0. The number of nitrogens with one attached hydrogen (secondary N) is 1. The molecule has 16 heavy (non-hydrogen) atoms. The smallest absolute Gasteiger partial charge is 0.256 e. The highest BCUT2D eigenvalue weighted by Crippen LogP contribution is 2.14. The number of benzene rings is 2. The quantitative estimate of drug-likeness (QED) is 0.844.